The number of aromatic nitrogens is 3. The van der Waals surface area contributed by atoms with E-state index in [1.807, 2.05) is 43.3 Å². The Morgan fingerprint density at radius 2 is 1.68 bits per heavy atom. The molecule has 0 unspecified atom stereocenters. The van der Waals surface area contributed by atoms with Gasteiger partial charge in [-0.1, -0.05) is 53.2 Å². The van der Waals surface area contributed by atoms with E-state index in [0.29, 0.717) is 10.7 Å². The molecule has 0 atom stereocenters. The lowest BCUT2D eigenvalue weighted by Gasteiger charge is -2.24. The highest BCUT2D eigenvalue weighted by Crippen LogP contribution is 2.25. The maximum atomic E-state index is 13.5. The van der Waals surface area contributed by atoms with E-state index in [4.69, 9.17) is 21.1 Å². The molecule has 178 valence electrons. The van der Waals surface area contributed by atoms with Gasteiger partial charge >= 0.3 is 11.9 Å². The number of halogens is 1. The molecule has 1 amide bonds. The zero-order chi connectivity index (χ0) is 24.7. The van der Waals surface area contributed by atoms with Gasteiger partial charge in [0.1, 0.15) is 6.54 Å². The minimum atomic E-state index is -0.823. The first-order chi connectivity index (χ1) is 16.3. The van der Waals surface area contributed by atoms with E-state index in [0.717, 1.165) is 15.8 Å². The van der Waals surface area contributed by atoms with Crippen LogP contribution in [0.5, 0.6) is 0 Å². The number of anilines is 1. The largest absolute Gasteiger partial charge is 0.461 e. The van der Waals surface area contributed by atoms with Crippen molar-refractivity contribution in [3.8, 4) is 0 Å². The van der Waals surface area contributed by atoms with Gasteiger partial charge < -0.3 is 14.4 Å². The summed E-state index contributed by atoms with van der Waals surface area (Å²) in [6, 6.07) is 14.7. The van der Waals surface area contributed by atoms with Crippen LogP contribution in [0.3, 0.4) is 0 Å². The number of hydrogen-bond acceptors (Lipinski definition) is 7. The number of carbonyl (C=O) groups is 3. The molecule has 1 aromatic heterocycles. The fraction of sp³-hybridized carbons (Fsp3) is 0.292. The van der Waals surface area contributed by atoms with Crippen LogP contribution in [0.2, 0.25) is 5.02 Å². The first-order valence-electron chi connectivity index (χ1n) is 10.7. The Morgan fingerprint density at radius 3 is 2.32 bits per heavy atom. The van der Waals surface area contributed by atoms with Crippen LogP contribution >= 0.6 is 11.6 Å². The molecule has 2 aromatic carbocycles. The summed E-state index contributed by atoms with van der Waals surface area (Å²) in [6.07, 6.45) is 0. The number of benzene rings is 2. The lowest BCUT2D eigenvalue weighted by Crippen LogP contribution is -2.34. The monoisotopic (exact) mass is 484 g/mol. The molecule has 0 fully saturated rings. The van der Waals surface area contributed by atoms with Crippen LogP contribution < -0.4 is 4.90 Å². The van der Waals surface area contributed by atoms with Gasteiger partial charge in [-0.3, -0.25) is 4.79 Å². The first kappa shape index (κ1) is 24.9. The highest BCUT2D eigenvalue weighted by atomic mass is 35.5. The highest BCUT2D eigenvalue weighted by molar-refractivity contribution is 6.31. The van der Waals surface area contributed by atoms with E-state index in [1.54, 1.807) is 26.0 Å². The number of carbonyl (C=O) groups excluding carboxylic acids is 3. The maximum Gasteiger partial charge on any atom is 0.361 e. The summed E-state index contributed by atoms with van der Waals surface area (Å²) in [4.78, 5) is 39.9. The summed E-state index contributed by atoms with van der Waals surface area (Å²) in [5.74, 6) is -2.04. The van der Waals surface area contributed by atoms with Crippen molar-refractivity contribution < 1.29 is 23.9 Å². The fourth-order valence-electron chi connectivity index (χ4n) is 3.21. The van der Waals surface area contributed by atoms with Gasteiger partial charge in [-0.2, -0.15) is 0 Å². The van der Waals surface area contributed by atoms with Crippen molar-refractivity contribution >= 4 is 35.1 Å². The standard InChI is InChI=1S/C24H25ClN4O5/c1-4-33-23(31)21-22(24(32)34-5-2)29(27-26-21)15-20(30)28(14-17-9-7-6-8-10-17)18-12-11-16(3)19(25)13-18/h6-13H,4-5,14-15H2,1-3H3. The number of amides is 1. The average molecular weight is 485 g/mol. The van der Waals surface area contributed by atoms with Crippen LogP contribution in [-0.2, 0) is 27.4 Å². The SMILES string of the molecule is CCOC(=O)c1nnn(CC(=O)N(Cc2ccccc2)c2ccc(C)c(Cl)c2)c1C(=O)OCC. The minimum absolute atomic E-state index is 0.0716. The Bertz CT molecular complexity index is 1180. The molecular formula is C24H25ClN4O5. The van der Waals surface area contributed by atoms with Gasteiger partial charge in [0, 0.05) is 10.7 Å². The van der Waals surface area contributed by atoms with Crippen LogP contribution in [0, 0.1) is 6.92 Å². The van der Waals surface area contributed by atoms with E-state index in [1.165, 1.54) is 4.90 Å². The first-order valence-corrected chi connectivity index (χ1v) is 11.1. The molecule has 3 rings (SSSR count). The molecule has 0 bridgehead atoms. The second kappa shape index (κ2) is 11.4. The molecule has 10 heteroatoms. The van der Waals surface area contributed by atoms with Crippen molar-refractivity contribution in [2.24, 2.45) is 0 Å². The third-order valence-electron chi connectivity index (χ3n) is 4.91. The van der Waals surface area contributed by atoms with E-state index < -0.39 is 17.8 Å². The normalized spacial score (nSPS) is 10.6. The molecule has 1 heterocycles. The summed E-state index contributed by atoms with van der Waals surface area (Å²) in [6.45, 7) is 5.18. The average Bonchev–Trinajstić information content (AvgIpc) is 3.24. The number of ether oxygens (including phenoxy) is 2. The molecule has 0 saturated carbocycles. The number of hydrogen-bond donors (Lipinski definition) is 0. The van der Waals surface area contributed by atoms with Crippen molar-refractivity contribution in [3.63, 3.8) is 0 Å². The van der Waals surface area contributed by atoms with Crippen LogP contribution in [0.1, 0.15) is 46.0 Å². The van der Waals surface area contributed by atoms with E-state index in [2.05, 4.69) is 10.3 Å². The Balaban J connectivity index is 1.98. The van der Waals surface area contributed by atoms with Crippen LogP contribution in [0.25, 0.3) is 0 Å². The summed E-state index contributed by atoms with van der Waals surface area (Å²) in [5.41, 5.74) is 1.80. The molecule has 0 aliphatic heterocycles. The van der Waals surface area contributed by atoms with Crippen LogP contribution in [-0.4, -0.2) is 46.1 Å². The number of aryl methyl sites for hydroxylation is 1. The predicted molar refractivity (Wildman–Crippen MR) is 126 cm³/mol. The second-order valence-electron chi connectivity index (χ2n) is 7.28. The number of esters is 2. The van der Waals surface area contributed by atoms with Gasteiger partial charge in [0.15, 0.2) is 5.69 Å². The zero-order valence-corrected chi connectivity index (χ0v) is 19.9. The van der Waals surface area contributed by atoms with E-state index >= 15 is 0 Å². The molecule has 3 aromatic rings. The maximum absolute atomic E-state index is 13.5. The van der Waals surface area contributed by atoms with Gasteiger partial charge in [0.05, 0.1) is 19.8 Å². The quantitative estimate of drug-likeness (QED) is 0.425. The molecule has 34 heavy (non-hydrogen) atoms. The van der Waals surface area contributed by atoms with Crippen molar-refractivity contribution in [1.82, 2.24) is 15.0 Å². The molecule has 0 N–H and O–H groups in total. The molecule has 0 aliphatic carbocycles. The molecule has 0 saturated heterocycles. The molecule has 0 aliphatic rings. The summed E-state index contributed by atoms with van der Waals surface area (Å²) in [7, 11) is 0. The van der Waals surface area contributed by atoms with Gasteiger partial charge in [0.2, 0.25) is 11.6 Å². The number of rotatable bonds is 9. The Hall–Kier alpha value is -3.72. The van der Waals surface area contributed by atoms with Crippen molar-refractivity contribution in [2.45, 2.75) is 33.9 Å². The molecular weight excluding hydrogens is 460 g/mol. The molecule has 0 radical (unpaired) electrons. The third kappa shape index (κ3) is 5.79. The summed E-state index contributed by atoms with van der Waals surface area (Å²) in [5, 5.41) is 8.16. The molecule has 0 spiro atoms. The van der Waals surface area contributed by atoms with Crippen LogP contribution in [0.15, 0.2) is 48.5 Å². The summed E-state index contributed by atoms with van der Waals surface area (Å²) >= 11 is 6.32. The van der Waals surface area contributed by atoms with Crippen molar-refractivity contribution in [3.05, 3.63) is 76.1 Å². The van der Waals surface area contributed by atoms with E-state index in [-0.39, 0.29) is 37.7 Å². The van der Waals surface area contributed by atoms with Gasteiger partial charge in [0.25, 0.3) is 0 Å². The lowest BCUT2D eigenvalue weighted by atomic mass is 10.1. The van der Waals surface area contributed by atoms with Crippen molar-refractivity contribution in [1.29, 1.82) is 0 Å². The third-order valence-corrected chi connectivity index (χ3v) is 5.32. The number of nitrogens with zero attached hydrogens (tertiary/aromatic N) is 4. The Morgan fingerprint density at radius 1 is 1.00 bits per heavy atom. The summed E-state index contributed by atoms with van der Waals surface area (Å²) < 4.78 is 11.1. The van der Waals surface area contributed by atoms with Crippen LogP contribution in [0.4, 0.5) is 5.69 Å². The van der Waals surface area contributed by atoms with Crippen molar-refractivity contribution in [2.75, 3.05) is 18.1 Å². The zero-order valence-electron chi connectivity index (χ0n) is 19.2. The highest BCUT2D eigenvalue weighted by Gasteiger charge is 2.29. The Kier molecular flexibility index (Phi) is 8.37. The molecule has 9 nitrogen and oxygen atoms in total. The lowest BCUT2D eigenvalue weighted by molar-refractivity contribution is -0.119. The second-order valence-corrected chi connectivity index (χ2v) is 7.69. The Labute approximate surface area is 202 Å². The predicted octanol–water partition coefficient (Wildman–Crippen LogP) is 3.83. The minimum Gasteiger partial charge on any atom is -0.461 e. The van der Waals surface area contributed by atoms with Gasteiger partial charge in [-0.25, -0.2) is 14.3 Å². The topological polar surface area (TPSA) is 104 Å². The van der Waals surface area contributed by atoms with Gasteiger partial charge in [-0.15, -0.1) is 5.10 Å². The van der Waals surface area contributed by atoms with E-state index in [9.17, 15) is 14.4 Å². The fourth-order valence-corrected chi connectivity index (χ4v) is 3.39. The smallest absolute Gasteiger partial charge is 0.361 e. The van der Waals surface area contributed by atoms with Gasteiger partial charge in [-0.05, 0) is 44.0 Å².